The average Bonchev–Trinajstić information content (AvgIpc) is 2.97. The van der Waals surface area contributed by atoms with E-state index in [1.807, 2.05) is 32.0 Å². The number of hydrogen-bond acceptors (Lipinski definition) is 3. The number of carbonyl (C=O) groups excluding carboxylic acids is 1. The van der Waals surface area contributed by atoms with Crippen LogP contribution < -0.4 is 10.6 Å². The Hall–Kier alpha value is -1.88. The van der Waals surface area contributed by atoms with Gasteiger partial charge in [0.25, 0.3) is 0 Å². The van der Waals surface area contributed by atoms with Crippen molar-refractivity contribution in [3.05, 3.63) is 51.5 Å². The highest BCUT2D eigenvalue weighted by Gasteiger charge is 2.21. The summed E-state index contributed by atoms with van der Waals surface area (Å²) in [4.78, 5) is 16.9. The van der Waals surface area contributed by atoms with E-state index in [1.54, 1.807) is 11.3 Å². The van der Waals surface area contributed by atoms with Crippen LogP contribution in [0.25, 0.3) is 0 Å². The van der Waals surface area contributed by atoms with Crippen LogP contribution >= 0.6 is 11.3 Å². The molecule has 0 spiro atoms. The number of urea groups is 1. The van der Waals surface area contributed by atoms with Crippen molar-refractivity contribution in [3.63, 3.8) is 0 Å². The zero-order valence-corrected chi connectivity index (χ0v) is 16.1. The topological polar surface area (TPSA) is 54.0 Å². The van der Waals surface area contributed by atoms with Crippen LogP contribution in [0.1, 0.15) is 68.5 Å². The van der Waals surface area contributed by atoms with Crippen LogP contribution in [-0.2, 0) is 5.41 Å². The van der Waals surface area contributed by atoms with Crippen molar-refractivity contribution >= 4 is 17.4 Å². The molecule has 24 heavy (non-hydrogen) atoms. The molecule has 2 aromatic rings. The van der Waals surface area contributed by atoms with Gasteiger partial charge in [-0.25, -0.2) is 9.78 Å². The fraction of sp³-hybridized carbons (Fsp3) is 0.474. The highest BCUT2D eigenvalue weighted by atomic mass is 32.1. The number of thiazole rings is 1. The first-order valence-electron chi connectivity index (χ1n) is 8.27. The molecule has 2 unspecified atom stereocenters. The maximum absolute atomic E-state index is 12.3. The van der Waals surface area contributed by atoms with Gasteiger partial charge in [-0.1, -0.05) is 45.0 Å². The van der Waals surface area contributed by atoms with Gasteiger partial charge in [-0.2, -0.15) is 0 Å². The Morgan fingerprint density at radius 2 is 1.75 bits per heavy atom. The highest BCUT2D eigenvalue weighted by molar-refractivity contribution is 7.09. The van der Waals surface area contributed by atoms with E-state index in [1.165, 1.54) is 5.56 Å². The summed E-state index contributed by atoms with van der Waals surface area (Å²) in [7, 11) is 0. The van der Waals surface area contributed by atoms with Crippen LogP contribution in [0, 0.1) is 6.92 Å². The van der Waals surface area contributed by atoms with Gasteiger partial charge in [0.1, 0.15) is 5.01 Å². The number of amides is 2. The van der Waals surface area contributed by atoms with Crippen LogP contribution in [0.2, 0.25) is 0 Å². The number of aryl methyl sites for hydroxylation is 1. The van der Waals surface area contributed by atoms with Crippen molar-refractivity contribution in [2.24, 2.45) is 0 Å². The first-order valence-corrected chi connectivity index (χ1v) is 9.15. The summed E-state index contributed by atoms with van der Waals surface area (Å²) in [6.07, 6.45) is 0. The number of aromatic nitrogens is 1. The molecule has 0 saturated heterocycles. The molecule has 2 amide bonds. The second-order valence-electron chi connectivity index (χ2n) is 7.24. The zero-order chi connectivity index (χ0) is 17.9. The maximum atomic E-state index is 12.3. The molecule has 5 heteroatoms. The molecule has 2 rings (SSSR count). The van der Waals surface area contributed by atoms with Gasteiger partial charge >= 0.3 is 6.03 Å². The highest BCUT2D eigenvalue weighted by Crippen LogP contribution is 2.26. The molecular weight excluding hydrogens is 318 g/mol. The molecule has 0 bridgehead atoms. The van der Waals surface area contributed by atoms with E-state index < -0.39 is 0 Å². The maximum Gasteiger partial charge on any atom is 0.315 e. The summed E-state index contributed by atoms with van der Waals surface area (Å²) >= 11 is 1.59. The first-order chi connectivity index (χ1) is 11.2. The molecule has 2 atom stereocenters. The van der Waals surface area contributed by atoms with Gasteiger partial charge in [-0.15, -0.1) is 11.3 Å². The lowest BCUT2D eigenvalue weighted by atomic mass is 9.93. The molecule has 0 radical (unpaired) electrons. The summed E-state index contributed by atoms with van der Waals surface area (Å²) in [6, 6.07) is 7.76. The normalized spacial score (nSPS) is 14.1. The van der Waals surface area contributed by atoms with Crippen molar-refractivity contribution in [2.45, 2.75) is 59.0 Å². The van der Waals surface area contributed by atoms with Crippen LogP contribution in [0.4, 0.5) is 4.79 Å². The minimum absolute atomic E-state index is 0.0239. The quantitative estimate of drug-likeness (QED) is 0.830. The average molecular weight is 346 g/mol. The van der Waals surface area contributed by atoms with Crippen LogP contribution in [0.3, 0.4) is 0 Å². The Kier molecular flexibility index (Phi) is 5.65. The molecule has 2 N–H and O–H groups in total. The third-order valence-corrected chi connectivity index (χ3v) is 5.04. The van der Waals surface area contributed by atoms with Crippen molar-refractivity contribution in [3.8, 4) is 0 Å². The van der Waals surface area contributed by atoms with Crippen LogP contribution in [-0.4, -0.2) is 11.0 Å². The Balaban J connectivity index is 1.97. The largest absolute Gasteiger partial charge is 0.332 e. The lowest BCUT2D eigenvalue weighted by Crippen LogP contribution is -2.38. The predicted molar refractivity (Wildman–Crippen MR) is 100 cm³/mol. The monoisotopic (exact) mass is 345 g/mol. The number of rotatable bonds is 4. The van der Waals surface area contributed by atoms with Gasteiger partial charge < -0.3 is 10.6 Å². The van der Waals surface area contributed by atoms with Gasteiger partial charge in [0.05, 0.1) is 17.8 Å². The van der Waals surface area contributed by atoms with E-state index in [2.05, 4.69) is 54.8 Å². The molecular formula is C19H27N3OS. The minimum atomic E-state index is -0.175. The summed E-state index contributed by atoms with van der Waals surface area (Å²) < 4.78 is 0. The third kappa shape index (κ3) is 4.57. The van der Waals surface area contributed by atoms with Crippen LogP contribution in [0.15, 0.2) is 29.6 Å². The summed E-state index contributed by atoms with van der Waals surface area (Å²) in [5.41, 5.74) is 3.39. The lowest BCUT2D eigenvalue weighted by Gasteiger charge is -2.19. The van der Waals surface area contributed by atoms with E-state index in [4.69, 9.17) is 0 Å². The molecule has 1 aromatic carbocycles. The van der Waals surface area contributed by atoms with E-state index in [0.717, 1.165) is 16.3 Å². The standard InChI is InChI=1S/C19H27N3OS/c1-12-9-7-8-10-15(12)13(2)20-18(23)21-14(3)17-22-16(11-24-17)19(4,5)6/h7-11,13-14H,1-6H3,(H2,20,21,23). The SMILES string of the molecule is Cc1ccccc1C(C)NC(=O)NC(C)c1nc(C(C)(C)C)cs1. The third-order valence-electron chi connectivity index (χ3n) is 4.01. The van der Waals surface area contributed by atoms with E-state index in [-0.39, 0.29) is 23.5 Å². The number of hydrogen-bond donors (Lipinski definition) is 2. The van der Waals surface area contributed by atoms with Gasteiger partial charge in [0.2, 0.25) is 0 Å². The minimum Gasteiger partial charge on any atom is -0.332 e. The van der Waals surface area contributed by atoms with E-state index in [9.17, 15) is 4.79 Å². The molecule has 0 aliphatic heterocycles. The van der Waals surface area contributed by atoms with Gasteiger partial charge in [-0.3, -0.25) is 0 Å². The number of carbonyl (C=O) groups is 1. The van der Waals surface area contributed by atoms with Crippen molar-refractivity contribution in [1.29, 1.82) is 0 Å². The van der Waals surface area contributed by atoms with E-state index >= 15 is 0 Å². The Bertz CT molecular complexity index is 703. The number of benzene rings is 1. The molecule has 1 aromatic heterocycles. The van der Waals surface area contributed by atoms with Gasteiger partial charge in [-0.05, 0) is 31.9 Å². The number of nitrogens with zero attached hydrogens (tertiary/aromatic N) is 1. The van der Waals surface area contributed by atoms with Crippen molar-refractivity contribution < 1.29 is 4.79 Å². The first kappa shape index (κ1) is 18.5. The smallest absolute Gasteiger partial charge is 0.315 e. The summed E-state index contributed by atoms with van der Waals surface area (Å²) in [5, 5.41) is 8.98. The van der Waals surface area contributed by atoms with Crippen LogP contribution in [0.5, 0.6) is 0 Å². The van der Waals surface area contributed by atoms with E-state index in [0.29, 0.717) is 0 Å². The molecule has 130 valence electrons. The summed E-state index contributed by atoms with van der Waals surface area (Å²) in [6.45, 7) is 12.4. The predicted octanol–water partition coefficient (Wildman–Crippen LogP) is 4.87. The Morgan fingerprint density at radius 3 is 2.33 bits per heavy atom. The van der Waals surface area contributed by atoms with Crippen molar-refractivity contribution in [1.82, 2.24) is 15.6 Å². The lowest BCUT2D eigenvalue weighted by molar-refractivity contribution is 0.235. The Morgan fingerprint density at radius 1 is 1.12 bits per heavy atom. The fourth-order valence-electron chi connectivity index (χ4n) is 2.48. The number of nitrogens with one attached hydrogen (secondary N) is 2. The molecule has 0 saturated carbocycles. The second kappa shape index (κ2) is 7.34. The second-order valence-corrected chi connectivity index (χ2v) is 8.13. The Labute approximate surface area is 148 Å². The van der Waals surface area contributed by atoms with Crippen molar-refractivity contribution in [2.75, 3.05) is 0 Å². The summed E-state index contributed by atoms with van der Waals surface area (Å²) in [5.74, 6) is 0. The van der Waals surface area contributed by atoms with Gasteiger partial charge in [0.15, 0.2) is 0 Å². The molecule has 0 aliphatic carbocycles. The molecule has 0 aliphatic rings. The molecule has 1 heterocycles. The van der Waals surface area contributed by atoms with Gasteiger partial charge in [0, 0.05) is 10.8 Å². The fourth-order valence-corrected chi connectivity index (χ4v) is 3.53. The zero-order valence-electron chi connectivity index (χ0n) is 15.3. The molecule has 4 nitrogen and oxygen atoms in total. The molecule has 0 fully saturated rings.